The summed E-state index contributed by atoms with van der Waals surface area (Å²) in [5.41, 5.74) is 0. The van der Waals surface area contributed by atoms with Crippen molar-refractivity contribution >= 4 is 0 Å². The molecule has 1 atom stereocenters. The van der Waals surface area contributed by atoms with E-state index in [1.165, 1.54) is 45.2 Å². The summed E-state index contributed by atoms with van der Waals surface area (Å²) < 4.78 is 5.50. The largest absolute Gasteiger partial charge is 0.339 e. The molecule has 4 heteroatoms. The van der Waals surface area contributed by atoms with Crippen LogP contribution in [0.1, 0.15) is 56.7 Å². The number of fused-ring (bicyclic) bond motifs is 3. The molecular weight excluding hydrogens is 226 g/mol. The molecule has 0 aromatic carbocycles. The van der Waals surface area contributed by atoms with Gasteiger partial charge in [-0.15, -0.1) is 0 Å². The van der Waals surface area contributed by atoms with Crippen molar-refractivity contribution in [3.8, 4) is 0 Å². The van der Waals surface area contributed by atoms with Crippen molar-refractivity contribution < 1.29 is 4.52 Å². The second kappa shape index (κ2) is 5.39. The van der Waals surface area contributed by atoms with Gasteiger partial charge in [0.1, 0.15) is 0 Å². The molecule has 3 fully saturated rings. The summed E-state index contributed by atoms with van der Waals surface area (Å²) in [5, 5.41) is 4.14. The lowest BCUT2D eigenvalue weighted by Crippen LogP contribution is -2.46. The van der Waals surface area contributed by atoms with E-state index < -0.39 is 0 Å². The Kier molecular flexibility index (Phi) is 3.64. The van der Waals surface area contributed by atoms with Crippen LogP contribution in [0.3, 0.4) is 0 Å². The van der Waals surface area contributed by atoms with Crippen molar-refractivity contribution in [1.29, 1.82) is 0 Å². The quantitative estimate of drug-likeness (QED) is 0.752. The lowest BCUT2D eigenvalue weighted by Gasteiger charge is -2.43. The molecule has 1 aromatic heterocycles. The molecular formula is C14H23N3O. The maximum atomic E-state index is 5.50. The second-order valence-corrected chi connectivity index (χ2v) is 5.75. The lowest BCUT2D eigenvalue weighted by molar-refractivity contribution is 0.0727. The summed E-state index contributed by atoms with van der Waals surface area (Å²) >= 11 is 0. The minimum atomic E-state index is 0.500. The highest BCUT2D eigenvalue weighted by atomic mass is 16.5. The number of piperidine rings is 3. The van der Waals surface area contributed by atoms with E-state index in [0.29, 0.717) is 5.92 Å². The maximum absolute atomic E-state index is 5.50. The number of nitrogens with zero attached hydrogens (tertiary/aromatic N) is 3. The monoisotopic (exact) mass is 249 g/mol. The molecule has 4 rings (SSSR count). The SMILES string of the molecule is CCCCCc1noc(C2CN3CCC2CC3)n1. The third-order valence-corrected chi connectivity index (χ3v) is 4.46. The zero-order valence-electron chi connectivity index (χ0n) is 11.3. The fraction of sp³-hybridized carbons (Fsp3) is 0.857. The van der Waals surface area contributed by atoms with Crippen LogP contribution in [0, 0.1) is 5.92 Å². The van der Waals surface area contributed by atoms with Gasteiger partial charge in [0.2, 0.25) is 5.89 Å². The minimum absolute atomic E-state index is 0.500. The van der Waals surface area contributed by atoms with Crippen molar-refractivity contribution in [2.24, 2.45) is 5.92 Å². The van der Waals surface area contributed by atoms with E-state index in [4.69, 9.17) is 4.52 Å². The number of aromatic nitrogens is 2. The van der Waals surface area contributed by atoms with E-state index in [1.54, 1.807) is 0 Å². The van der Waals surface area contributed by atoms with Gasteiger partial charge in [0.15, 0.2) is 5.82 Å². The van der Waals surface area contributed by atoms with Crippen LogP contribution >= 0.6 is 0 Å². The third-order valence-electron chi connectivity index (χ3n) is 4.46. The molecule has 0 amide bonds. The van der Waals surface area contributed by atoms with Gasteiger partial charge in [0, 0.05) is 13.0 Å². The molecule has 0 spiro atoms. The van der Waals surface area contributed by atoms with E-state index in [9.17, 15) is 0 Å². The van der Waals surface area contributed by atoms with E-state index in [1.807, 2.05) is 0 Å². The van der Waals surface area contributed by atoms with Gasteiger partial charge in [-0.1, -0.05) is 24.9 Å². The molecule has 0 saturated carbocycles. The predicted octanol–water partition coefficient (Wildman–Crippen LogP) is 2.61. The Morgan fingerprint density at radius 1 is 1.28 bits per heavy atom. The summed E-state index contributed by atoms with van der Waals surface area (Å²) in [6.07, 6.45) is 7.25. The molecule has 3 aliphatic heterocycles. The predicted molar refractivity (Wildman–Crippen MR) is 69.4 cm³/mol. The van der Waals surface area contributed by atoms with Crippen LogP contribution in [0.2, 0.25) is 0 Å². The van der Waals surface area contributed by atoms with Gasteiger partial charge in [0.25, 0.3) is 0 Å². The molecule has 0 aliphatic carbocycles. The summed E-state index contributed by atoms with van der Waals surface area (Å²) in [5.74, 6) is 3.09. The Hall–Kier alpha value is -0.900. The Bertz CT molecular complexity index is 382. The average Bonchev–Trinajstić information content (AvgIpc) is 2.89. The molecule has 100 valence electrons. The van der Waals surface area contributed by atoms with Crippen LogP contribution in [-0.2, 0) is 6.42 Å². The van der Waals surface area contributed by atoms with Gasteiger partial charge in [-0.25, -0.2) is 0 Å². The number of aryl methyl sites for hydroxylation is 1. The normalized spacial score (nSPS) is 30.8. The van der Waals surface area contributed by atoms with Gasteiger partial charge in [-0.05, 0) is 38.3 Å². The highest BCUT2D eigenvalue weighted by Crippen LogP contribution is 2.38. The molecule has 0 radical (unpaired) electrons. The fourth-order valence-electron chi connectivity index (χ4n) is 3.30. The molecule has 1 unspecified atom stereocenters. The Morgan fingerprint density at radius 3 is 2.78 bits per heavy atom. The van der Waals surface area contributed by atoms with Crippen molar-refractivity contribution in [3.05, 3.63) is 11.7 Å². The molecule has 18 heavy (non-hydrogen) atoms. The highest BCUT2D eigenvalue weighted by Gasteiger charge is 2.37. The van der Waals surface area contributed by atoms with E-state index in [0.717, 1.165) is 30.6 Å². The number of hydrogen-bond donors (Lipinski definition) is 0. The number of rotatable bonds is 5. The fourth-order valence-corrected chi connectivity index (χ4v) is 3.30. The highest BCUT2D eigenvalue weighted by molar-refractivity contribution is 5.03. The number of hydrogen-bond acceptors (Lipinski definition) is 4. The molecule has 4 nitrogen and oxygen atoms in total. The van der Waals surface area contributed by atoms with E-state index in [-0.39, 0.29) is 0 Å². The smallest absolute Gasteiger partial charge is 0.231 e. The van der Waals surface area contributed by atoms with Crippen molar-refractivity contribution in [2.45, 2.75) is 51.4 Å². The van der Waals surface area contributed by atoms with Crippen molar-refractivity contribution in [1.82, 2.24) is 15.0 Å². The topological polar surface area (TPSA) is 42.2 Å². The Labute approximate surface area is 109 Å². The first-order valence-corrected chi connectivity index (χ1v) is 7.41. The Morgan fingerprint density at radius 2 is 2.11 bits per heavy atom. The van der Waals surface area contributed by atoms with Crippen LogP contribution in [0.25, 0.3) is 0 Å². The van der Waals surface area contributed by atoms with E-state index in [2.05, 4.69) is 22.0 Å². The zero-order chi connectivity index (χ0) is 12.4. The first-order valence-electron chi connectivity index (χ1n) is 7.41. The summed E-state index contributed by atoms with van der Waals surface area (Å²) in [4.78, 5) is 7.15. The number of unbranched alkanes of at least 4 members (excludes halogenated alkanes) is 2. The van der Waals surface area contributed by atoms with E-state index >= 15 is 0 Å². The summed E-state index contributed by atoms with van der Waals surface area (Å²) in [6, 6.07) is 0. The van der Waals surface area contributed by atoms with Crippen LogP contribution in [0.15, 0.2) is 4.52 Å². The van der Waals surface area contributed by atoms with Gasteiger partial charge >= 0.3 is 0 Å². The van der Waals surface area contributed by atoms with Gasteiger partial charge < -0.3 is 9.42 Å². The second-order valence-electron chi connectivity index (χ2n) is 5.75. The standard InChI is InChI=1S/C14H23N3O/c1-2-3-4-5-13-15-14(18-16-13)12-10-17-8-6-11(12)7-9-17/h11-12H,2-10H2,1H3. The van der Waals surface area contributed by atoms with Crippen LogP contribution in [-0.4, -0.2) is 34.7 Å². The molecule has 3 saturated heterocycles. The Balaban J connectivity index is 1.62. The molecule has 4 heterocycles. The maximum Gasteiger partial charge on any atom is 0.231 e. The molecule has 3 aliphatic rings. The van der Waals surface area contributed by atoms with Crippen LogP contribution in [0.4, 0.5) is 0 Å². The van der Waals surface area contributed by atoms with Gasteiger partial charge in [0.05, 0.1) is 5.92 Å². The first-order chi connectivity index (χ1) is 8.86. The minimum Gasteiger partial charge on any atom is -0.339 e. The third kappa shape index (κ3) is 2.44. The zero-order valence-corrected chi connectivity index (χ0v) is 11.3. The summed E-state index contributed by atoms with van der Waals surface area (Å²) in [7, 11) is 0. The first kappa shape index (κ1) is 12.2. The van der Waals surface area contributed by atoms with Crippen molar-refractivity contribution in [2.75, 3.05) is 19.6 Å². The lowest BCUT2D eigenvalue weighted by atomic mass is 9.79. The van der Waals surface area contributed by atoms with Gasteiger partial charge in [-0.2, -0.15) is 4.98 Å². The molecule has 2 bridgehead atoms. The van der Waals surface area contributed by atoms with Crippen molar-refractivity contribution in [3.63, 3.8) is 0 Å². The van der Waals surface area contributed by atoms with Gasteiger partial charge in [-0.3, -0.25) is 0 Å². The summed E-state index contributed by atoms with van der Waals surface area (Å²) in [6.45, 7) is 5.87. The van der Waals surface area contributed by atoms with Crippen LogP contribution in [0.5, 0.6) is 0 Å². The van der Waals surface area contributed by atoms with Crippen LogP contribution < -0.4 is 0 Å². The molecule has 0 N–H and O–H groups in total. The molecule has 1 aromatic rings. The average molecular weight is 249 g/mol.